The molecule has 118 valence electrons. The Balaban J connectivity index is 2.01. The zero-order valence-corrected chi connectivity index (χ0v) is 14.1. The predicted molar refractivity (Wildman–Crippen MR) is 92.4 cm³/mol. The molecule has 0 aliphatic heterocycles. The summed E-state index contributed by atoms with van der Waals surface area (Å²) in [6.07, 6.45) is 1.46. The van der Waals surface area contributed by atoms with E-state index in [-0.39, 0.29) is 5.56 Å². The number of halogens is 2. The number of nitrogens with zero attached hydrogens (tertiary/aromatic N) is 1. The Kier molecular flexibility index (Phi) is 4.20. The first kappa shape index (κ1) is 15.7. The Bertz CT molecular complexity index is 866. The van der Waals surface area contributed by atoms with E-state index in [0.29, 0.717) is 21.5 Å². The van der Waals surface area contributed by atoms with Crippen LogP contribution in [-0.2, 0) is 0 Å². The Morgan fingerprint density at radius 1 is 1.00 bits per heavy atom. The molecule has 0 atom stereocenters. The molecule has 0 aliphatic rings. The van der Waals surface area contributed by atoms with Crippen LogP contribution in [0.5, 0.6) is 11.5 Å². The van der Waals surface area contributed by atoms with Gasteiger partial charge >= 0.3 is 0 Å². The lowest BCUT2D eigenvalue weighted by molar-refractivity contribution is 0.480. The molecule has 2 heterocycles. The molecule has 0 radical (unpaired) electrons. The minimum atomic E-state index is -0.205. The van der Waals surface area contributed by atoms with Gasteiger partial charge in [-0.25, -0.2) is 0 Å². The van der Waals surface area contributed by atoms with E-state index in [1.807, 2.05) is 26.0 Å². The Hall–Kier alpha value is -2.17. The summed E-state index contributed by atoms with van der Waals surface area (Å²) in [5, 5.41) is 0.789. The second-order valence-electron chi connectivity index (χ2n) is 5.18. The van der Waals surface area contributed by atoms with E-state index in [9.17, 15) is 4.79 Å². The number of aryl methyl sites for hydroxylation is 2. The number of benzene rings is 1. The minimum Gasteiger partial charge on any atom is -0.453 e. The second kappa shape index (κ2) is 6.14. The van der Waals surface area contributed by atoms with Crippen LogP contribution in [0.15, 0.2) is 47.4 Å². The molecule has 0 bridgehead atoms. The summed E-state index contributed by atoms with van der Waals surface area (Å²) in [4.78, 5) is 13.6. The van der Waals surface area contributed by atoms with Crippen molar-refractivity contribution in [3.05, 3.63) is 74.4 Å². The highest BCUT2D eigenvalue weighted by atomic mass is 35.5. The van der Waals surface area contributed by atoms with Crippen molar-refractivity contribution in [1.82, 2.24) is 9.55 Å². The predicted octanol–water partition coefficient (Wildman–Crippen LogP) is 4.88. The molecular formula is C17H14Cl2N2O2. The van der Waals surface area contributed by atoms with Crippen molar-refractivity contribution in [3.8, 4) is 17.2 Å². The highest BCUT2D eigenvalue weighted by Gasteiger charge is 2.13. The normalized spacial score (nSPS) is 10.8. The summed E-state index contributed by atoms with van der Waals surface area (Å²) in [6.45, 7) is 4.03. The minimum absolute atomic E-state index is 0.205. The fraction of sp³-hybridized carbons (Fsp3) is 0.118. The number of rotatable bonds is 3. The standard InChI is InChI=1S/C17H14Cl2N2O2/c1-10-3-4-11(2)21(10)12-7-14(18)17(15(19)8-12)23-13-5-6-16(22)20-9-13/h3-9H,1-2H3,(H,20,22). The third-order valence-electron chi connectivity index (χ3n) is 3.49. The number of aromatic nitrogens is 2. The van der Waals surface area contributed by atoms with Crippen LogP contribution in [0.3, 0.4) is 0 Å². The molecule has 3 aromatic rings. The average molecular weight is 349 g/mol. The molecule has 1 aromatic carbocycles. The van der Waals surface area contributed by atoms with Gasteiger partial charge in [0.05, 0.1) is 10.0 Å². The van der Waals surface area contributed by atoms with Crippen LogP contribution >= 0.6 is 23.2 Å². The maximum atomic E-state index is 11.1. The van der Waals surface area contributed by atoms with Gasteiger partial charge < -0.3 is 14.3 Å². The monoisotopic (exact) mass is 348 g/mol. The Morgan fingerprint density at radius 2 is 1.61 bits per heavy atom. The van der Waals surface area contributed by atoms with E-state index in [2.05, 4.69) is 9.55 Å². The molecule has 0 fully saturated rings. The van der Waals surface area contributed by atoms with Crippen molar-refractivity contribution in [2.24, 2.45) is 0 Å². The lowest BCUT2D eigenvalue weighted by Gasteiger charge is -2.14. The van der Waals surface area contributed by atoms with Crippen LogP contribution in [0.1, 0.15) is 11.4 Å². The van der Waals surface area contributed by atoms with E-state index in [1.165, 1.54) is 12.3 Å². The molecule has 4 nitrogen and oxygen atoms in total. The van der Waals surface area contributed by atoms with E-state index in [4.69, 9.17) is 27.9 Å². The number of nitrogens with one attached hydrogen (secondary N) is 1. The van der Waals surface area contributed by atoms with Gasteiger partial charge in [0.25, 0.3) is 0 Å². The van der Waals surface area contributed by atoms with Gasteiger partial charge in [-0.1, -0.05) is 23.2 Å². The van der Waals surface area contributed by atoms with Crippen LogP contribution in [0.4, 0.5) is 0 Å². The van der Waals surface area contributed by atoms with Gasteiger partial charge in [-0.05, 0) is 44.2 Å². The number of hydrogen-bond donors (Lipinski definition) is 1. The van der Waals surface area contributed by atoms with Gasteiger partial charge in [0, 0.05) is 29.3 Å². The van der Waals surface area contributed by atoms with Crippen LogP contribution in [0.2, 0.25) is 10.0 Å². The van der Waals surface area contributed by atoms with E-state index in [0.717, 1.165) is 17.1 Å². The molecule has 0 saturated carbocycles. The third kappa shape index (κ3) is 3.14. The number of ether oxygens (including phenoxy) is 1. The first-order valence-corrected chi connectivity index (χ1v) is 7.72. The van der Waals surface area contributed by atoms with Crippen LogP contribution < -0.4 is 10.3 Å². The number of aromatic amines is 1. The molecule has 0 unspecified atom stereocenters. The quantitative estimate of drug-likeness (QED) is 0.732. The largest absolute Gasteiger partial charge is 0.453 e. The number of pyridine rings is 1. The molecule has 1 N–H and O–H groups in total. The van der Waals surface area contributed by atoms with E-state index in [1.54, 1.807) is 18.2 Å². The summed E-state index contributed by atoms with van der Waals surface area (Å²) in [5.41, 5.74) is 2.84. The van der Waals surface area contributed by atoms with E-state index < -0.39 is 0 Å². The van der Waals surface area contributed by atoms with E-state index >= 15 is 0 Å². The molecule has 0 saturated heterocycles. The van der Waals surface area contributed by atoms with Gasteiger partial charge in [-0.3, -0.25) is 4.79 Å². The van der Waals surface area contributed by atoms with Crippen molar-refractivity contribution in [2.75, 3.05) is 0 Å². The van der Waals surface area contributed by atoms with Crippen molar-refractivity contribution in [3.63, 3.8) is 0 Å². The molecule has 23 heavy (non-hydrogen) atoms. The van der Waals surface area contributed by atoms with Gasteiger partial charge in [0.15, 0.2) is 5.75 Å². The summed E-state index contributed by atoms with van der Waals surface area (Å²) in [5.74, 6) is 0.807. The first-order valence-electron chi connectivity index (χ1n) is 6.96. The van der Waals surface area contributed by atoms with Gasteiger partial charge in [-0.2, -0.15) is 0 Å². The molecule has 0 aliphatic carbocycles. The summed E-state index contributed by atoms with van der Waals surface area (Å²) >= 11 is 12.7. The highest BCUT2D eigenvalue weighted by molar-refractivity contribution is 6.37. The molecule has 2 aromatic heterocycles. The average Bonchev–Trinajstić information content (AvgIpc) is 2.84. The lowest BCUT2D eigenvalue weighted by Crippen LogP contribution is -2.02. The molecule has 0 amide bonds. The van der Waals surface area contributed by atoms with Gasteiger partial charge in [0.2, 0.25) is 5.56 Å². The zero-order chi connectivity index (χ0) is 16.6. The number of H-pyrrole nitrogens is 1. The van der Waals surface area contributed by atoms with Crippen LogP contribution in [-0.4, -0.2) is 9.55 Å². The third-order valence-corrected chi connectivity index (χ3v) is 4.05. The molecule has 6 heteroatoms. The zero-order valence-electron chi connectivity index (χ0n) is 12.6. The van der Waals surface area contributed by atoms with Crippen molar-refractivity contribution < 1.29 is 4.74 Å². The lowest BCUT2D eigenvalue weighted by atomic mass is 10.2. The SMILES string of the molecule is Cc1ccc(C)n1-c1cc(Cl)c(Oc2ccc(=O)[nH]c2)c(Cl)c1. The van der Waals surface area contributed by atoms with Crippen molar-refractivity contribution in [2.45, 2.75) is 13.8 Å². The second-order valence-corrected chi connectivity index (χ2v) is 6.00. The highest BCUT2D eigenvalue weighted by Crippen LogP contribution is 2.38. The fourth-order valence-corrected chi connectivity index (χ4v) is 2.98. The maximum absolute atomic E-state index is 11.1. The van der Waals surface area contributed by atoms with Gasteiger partial charge in [-0.15, -0.1) is 0 Å². The van der Waals surface area contributed by atoms with Crippen LogP contribution in [0, 0.1) is 13.8 Å². The maximum Gasteiger partial charge on any atom is 0.248 e. The number of hydrogen-bond acceptors (Lipinski definition) is 2. The first-order chi connectivity index (χ1) is 11.0. The Morgan fingerprint density at radius 3 is 2.13 bits per heavy atom. The Labute approximate surface area is 143 Å². The van der Waals surface area contributed by atoms with Crippen molar-refractivity contribution in [1.29, 1.82) is 0 Å². The molecular weight excluding hydrogens is 335 g/mol. The summed E-state index contributed by atoms with van der Waals surface area (Å²) < 4.78 is 7.74. The summed E-state index contributed by atoms with van der Waals surface area (Å²) in [7, 11) is 0. The molecule has 0 spiro atoms. The van der Waals surface area contributed by atoms with Crippen LogP contribution in [0.25, 0.3) is 5.69 Å². The fourth-order valence-electron chi connectivity index (χ4n) is 2.43. The summed E-state index contributed by atoms with van der Waals surface area (Å²) in [6, 6.07) is 10.6. The topological polar surface area (TPSA) is 47.0 Å². The van der Waals surface area contributed by atoms with Crippen molar-refractivity contribution >= 4 is 23.2 Å². The molecule has 3 rings (SSSR count). The smallest absolute Gasteiger partial charge is 0.248 e. The van der Waals surface area contributed by atoms with Gasteiger partial charge in [0.1, 0.15) is 5.75 Å².